The molecule has 0 aromatic carbocycles. The first-order chi connectivity index (χ1) is 14.7. The molecule has 0 N–H and O–H groups in total. The topological polar surface area (TPSA) is 61.4 Å². The molecular formula is C25H46N6. The molecule has 0 saturated carbocycles. The maximum Gasteiger partial charge on any atom is 0.0880 e. The molecule has 6 heteroatoms. The summed E-state index contributed by atoms with van der Waals surface area (Å²) in [7, 11) is 0. The van der Waals surface area contributed by atoms with Crippen molar-refractivity contribution in [2.75, 3.05) is 0 Å². The van der Waals surface area contributed by atoms with Crippen LogP contribution in [0.3, 0.4) is 0 Å². The van der Waals surface area contributed by atoms with Gasteiger partial charge in [-0.1, -0.05) is 110 Å². The number of unbranched alkanes of at least 4 members (excludes halogenated alkanes) is 10. The molecule has 0 saturated heterocycles. The van der Waals surface area contributed by atoms with Crippen molar-refractivity contribution in [2.45, 2.75) is 136 Å². The summed E-state index contributed by atoms with van der Waals surface area (Å²) in [5.41, 5.74) is 2.35. The normalized spacial score (nSPS) is 12.6. The Labute approximate surface area is 190 Å². The summed E-state index contributed by atoms with van der Waals surface area (Å²) in [6.07, 6.45) is 18.8. The lowest BCUT2D eigenvalue weighted by Gasteiger charge is -2.12. The summed E-state index contributed by atoms with van der Waals surface area (Å²) in [5.74, 6) is 0. The summed E-state index contributed by atoms with van der Waals surface area (Å²) in [6, 6.07) is 0. The Hall–Kier alpha value is -1.72. The Morgan fingerprint density at radius 2 is 0.806 bits per heavy atom. The van der Waals surface area contributed by atoms with Crippen LogP contribution >= 0.6 is 0 Å². The van der Waals surface area contributed by atoms with Crippen LogP contribution in [0.5, 0.6) is 0 Å². The van der Waals surface area contributed by atoms with Gasteiger partial charge in [-0.05, 0) is 12.8 Å². The van der Waals surface area contributed by atoms with Gasteiger partial charge in [-0.2, -0.15) is 0 Å². The van der Waals surface area contributed by atoms with E-state index in [2.05, 4.69) is 74.6 Å². The molecule has 0 amide bonds. The minimum absolute atomic E-state index is 0.0890. The molecule has 2 aromatic rings. The van der Waals surface area contributed by atoms with E-state index in [0.717, 1.165) is 24.5 Å². The van der Waals surface area contributed by atoms with Gasteiger partial charge in [0.25, 0.3) is 0 Å². The SMILES string of the molecule is CC(C)(C)c1cn(CCCCCCCCCCCCCn2cc(C(C)(C)C)nn2)nn1. The number of aromatic nitrogens is 6. The van der Waals surface area contributed by atoms with Crippen molar-refractivity contribution in [1.29, 1.82) is 0 Å². The average Bonchev–Trinajstić information content (AvgIpc) is 3.34. The van der Waals surface area contributed by atoms with Crippen molar-refractivity contribution in [2.24, 2.45) is 0 Å². The molecule has 0 bridgehead atoms. The molecule has 2 rings (SSSR count). The van der Waals surface area contributed by atoms with Crippen LogP contribution < -0.4 is 0 Å². The number of aryl methyl sites for hydroxylation is 2. The highest BCUT2D eigenvalue weighted by Crippen LogP contribution is 2.20. The monoisotopic (exact) mass is 430 g/mol. The second-order valence-corrected chi connectivity index (χ2v) is 11.1. The van der Waals surface area contributed by atoms with Gasteiger partial charge >= 0.3 is 0 Å². The zero-order valence-corrected chi connectivity index (χ0v) is 21.0. The van der Waals surface area contributed by atoms with Crippen LogP contribution in [0.4, 0.5) is 0 Å². The van der Waals surface area contributed by atoms with E-state index in [1.165, 1.54) is 70.6 Å². The van der Waals surface area contributed by atoms with E-state index < -0.39 is 0 Å². The minimum Gasteiger partial charge on any atom is -0.252 e. The highest BCUT2D eigenvalue weighted by Gasteiger charge is 2.18. The third-order valence-corrected chi connectivity index (χ3v) is 5.89. The fourth-order valence-electron chi connectivity index (χ4n) is 3.64. The molecule has 0 unspecified atom stereocenters. The van der Waals surface area contributed by atoms with Gasteiger partial charge in [-0.3, -0.25) is 9.36 Å². The van der Waals surface area contributed by atoms with Crippen LogP contribution in [0.2, 0.25) is 0 Å². The molecule has 0 spiro atoms. The third-order valence-electron chi connectivity index (χ3n) is 5.89. The summed E-state index contributed by atoms with van der Waals surface area (Å²) in [6.45, 7) is 15.1. The Kier molecular flexibility index (Phi) is 10.2. The molecule has 6 nitrogen and oxygen atoms in total. The molecule has 0 fully saturated rings. The largest absolute Gasteiger partial charge is 0.252 e. The Bertz CT molecular complexity index is 670. The molecule has 2 heterocycles. The van der Waals surface area contributed by atoms with Crippen LogP contribution in [-0.2, 0) is 23.9 Å². The van der Waals surface area contributed by atoms with Gasteiger partial charge in [0, 0.05) is 36.3 Å². The maximum absolute atomic E-state index is 4.29. The van der Waals surface area contributed by atoms with Gasteiger partial charge in [-0.15, -0.1) is 10.2 Å². The van der Waals surface area contributed by atoms with Gasteiger partial charge in [0.05, 0.1) is 11.4 Å². The predicted octanol–water partition coefficient (Wildman–Crippen LogP) is 6.46. The molecule has 0 aliphatic heterocycles. The minimum atomic E-state index is 0.0890. The molecule has 31 heavy (non-hydrogen) atoms. The lowest BCUT2D eigenvalue weighted by Crippen LogP contribution is -2.11. The van der Waals surface area contributed by atoms with Gasteiger partial charge in [0.15, 0.2) is 0 Å². The molecule has 0 aliphatic rings. The molecule has 0 atom stereocenters. The maximum atomic E-state index is 4.29. The smallest absolute Gasteiger partial charge is 0.0880 e. The van der Waals surface area contributed by atoms with Crippen LogP contribution in [0, 0.1) is 0 Å². The Morgan fingerprint density at radius 3 is 1.06 bits per heavy atom. The van der Waals surface area contributed by atoms with E-state index in [1.807, 2.05) is 9.36 Å². The quantitative estimate of drug-likeness (QED) is 0.323. The Balaban J connectivity index is 1.37. The average molecular weight is 431 g/mol. The lowest BCUT2D eigenvalue weighted by atomic mass is 9.93. The van der Waals surface area contributed by atoms with E-state index in [-0.39, 0.29) is 10.8 Å². The summed E-state index contributed by atoms with van der Waals surface area (Å²) < 4.78 is 4.01. The summed E-state index contributed by atoms with van der Waals surface area (Å²) >= 11 is 0. The second-order valence-electron chi connectivity index (χ2n) is 11.1. The van der Waals surface area contributed by atoms with Crippen molar-refractivity contribution in [1.82, 2.24) is 30.0 Å². The van der Waals surface area contributed by atoms with Crippen LogP contribution in [0.25, 0.3) is 0 Å². The van der Waals surface area contributed by atoms with E-state index in [1.54, 1.807) is 0 Å². The van der Waals surface area contributed by atoms with Crippen LogP contribution in [0.15, 0.2) is 12.4 Å². The van der Waals surface area contributed by atoms with Crippen molar-refractivity contribution < 1.29 is 0 Å². The molecular weight excluding hydrogens is 384 g/mol. The standard InChI is InChI=1S/C25H46N6/c1-24(2,3)22-20-30(28-26-22)18-16-14-12-10-8-7-9-11-13-15-17-19-31-21-23(27-29-31)25(4,5)6/h20-21H,7-19H2,1-6H3. The highest BCUT2D eigenvalue weighted by molar-refractivity contribution is 5.06. The van der Waals surface area contributed by atoms with E-state index in [9.17, 15) is 0 Å². The first-order valence-electron chi connectivity index (χ1n) is 12.5. The highest BCUT2D eigenvalue weighted by atomic mass is 15.4. The van der Waals surface area contributed by atoms with Gasteiger partial charge in [0.1, 0.15) is 0 Å². The summed E-state index contributed by atoms with van der Waals surface area (Å²) in [4.78, 5) is 0. The van der Waals surface area contributed by atoms with E-state index in [4.69, 9.17) is 0 Å². The fraction of sp³-hybridized carbons (Fsp3) is 0.840. The number of nitrogens with zero attached hydrogens (tertiary/aromatic N) is 6. The number of rotatable bonds is 14. The number of hydrogen-bond acceptors (Lipinski definition) is 4. The fourth-order valence-corrected chi connectivity index (χ4v) is 3.64. The van der Waals surface area contributed by atoms with Gasteiger partial charge in [0.2, 0.25) is 0 Å². The third kappa shape index (κ3) is 9.96. The van der Waals surface area contributed by atoms with Crippen molar-refractivity contribution in [3.63, 3.8) is 0 Å². The molecule has 0 aliphatic carbocycles. The van der Waals surface area contributed by atoms with Crippen molar-refractivity contribution in [3.8, 4) is 0 Å². The molecule has 176 valence electrons. The lowest BCUT2D eigenvalue weighted by molar-refractivity contribution is 0.496. The first-order valence-corrected chi connectivity index (χ1v) is 12.5. The van der Waals surface area contributed by atoms with Gasteiger partial charge < -0.3 is 0 Å². The predicted molar refractivity (Wildman–Crippen MR) is 128 cm³/mol. The van der Waals surface area contributed by atoms with E-state index >= 15 is 0 Å². The molecule has 2 aromatic heterocycles. The van der Waals surface area contributed by atoms with Crippen LogP contribution in [-0.4, -0.2) is 30.0 Å². The Morgan fingerprint density at radius 1 is 0.516 bits per heavy atom. The summed E-state index contributed by atoms with van der Waals surface area (Å²) in [5, 5.41) is 17.1. The zero-order valence-electron chi connectivity index (χ0n) is 21.0. The van der Waals surface area contributed by atoms with Crippen LogP contribution in [0.1, 0.15) is 124 Å². The number of hydrogen-bond donors (Lipinski definition) is 0. The second kappa shape index (κ2) is 12.4. The van der Waals surface area contributed by atoms with Crippen molar-refractivity contribution in [3.05, 3.63) is 23.8 Å². The van der Waals surface area contributed by atoms with E-state index in [0.29, 0.717) is 0 Å². The first kappa shape index (κ1) is 25.5. The zero-order chi connectivity index (χ0) is 22.7. The molecule has 0 radical (unpaired) electrons. The van der Waals surface area contributed by atoms with Crippen molar-refractivity contribution >= 4 is 0 Å². The van der Waals surface area contributed by atoms with Gasteiger partial charge in [-0.25, -0.2) is 0 Å².